The highest BCUT2D eigenvalue weighted by Gasteiger charge is 2.21. The van der Waals surface area contributed by atoms with Gasteiger partial charge in [0.05, 0.1) is 18.4 Å². The van der Waals surface area contributed by atoms with Crippen molar-refractivity contribution in [3.8, 4) is 0 Å². The molecule has 18 heavy (non-hydrogen) atoms. The van der Waals surface area contributed by atoms with Gasteiger partial charge in [-0.1, -0.05) is 20.8 Å². The summed E-state index contributed by atoms with van der Waals surface area (Å²) in [6.07, 6.45) is 1.43. The quantitative estimate of drug-likeness (QED) is 0.889. The number of ether oxygens (including phenoxy) is 1. The zero-order valence-electron chi connectivity index (χ0n) is 11.5. The van der Waals surface area contributed by atoms with Crippen LogP contribution in [0.3, 0.4) is 0 Å². The van der Waals surface area contributed by atoms with Gasteiger partial charge in [-0.25, -0.2) is 4.98 Å². The van der Waals surface area contributed by atoms with Gasteiger partial charge >= 0.3 is 0 Å². The van der Waals surface area contributed by atoms with E-state index < -0.39 is 0 Å². The molecule has 0 amide bonds. The number of nitrogens with zero attached hydrogens (tertiary/aromatic N) is 2. The van der Waals surface area contributed by atoms with E-state index in [1.165, 1.54) is 0 Å². The summed E-state index contributed by atoms with van der Waals surface area (Å²) >= 11 is 1.74. The van der Waals surface area contributed by atoms with Crippen LogP contribution in [0.15, 0.2) is 5.38 Å². The van der Waals surface area contributed by atoms with Gasteiger partial charge in [0.2, 0.25) is 0 Å². The largest absolute Gasteiger partial charge is 0.375 e. The van der Waals surface area contributed by atoms with Crippen LogP contribution in [0, 0.1) is 0 Å². The average Bonchev–Trinajstić information content (AvgIpc) is 2.85. The van der Waals surface area contributed by atoms with Gasteiger partial charge in [0.15, 0.2) is 5.13 Å². The highest BCUT2D eigenvalue weighted by molar-refractivity contribution is 7.13. The Morgan fingerprint density at radius 1 is 1.61 bits per heavy atom. The summed E-state index contributed by atoms with van der Waals surface area (Å²) < 4.78 is 5.69. The molecule has 1 fully saturated rings. The van der Waals surface area contributed by atoms with Crippen molar-refractivity contribution in [2.75, 3.05) is 24.6 Å². The maximum absolute atomic E-state index is 5.69. The third kappa shape index (κ3) is 3.67. The van der Waals surface area contributed by atoms with Gasteiger partial charge in [-0.2, -0.15) is 0 Å². The van der Waals surface area contributed by atoms with Gasteiger partial charge in [-0.05, 0) is 6.42 Å². The first kappa shape index (κ1) is 13.8. The Hall–Kier alpha value is -0.650. The third-order valence-corrected chi connectivity index (χ3v) is 4.05. The van der Waals surface area contributed by atoms with E-state index in [1.54, 1.807) is 11.3 Å². The molecule has 1 saturated heterocycles. The van der Waals surface area contributed by atoms with Crippen LogP contribution in [0.4, 0.5) is 5.13 Å². The molecule has 2 rings (SSSR count). The van der Waals surface area contributed by atoms with E-state index in [0.717, 1.165) is 43.5 Å². The predicted octanol–water partition coefficient (Wildman–Crippen LogP) is 2.26. The summed E-state index contributed by atoms with van der Waals surface area (Å²) in [4.78, 5) is 7.05. The summed E-state index contributed by atoms with van der Waals surface area (Å²) in [5.41, 5.74) is 1.14. The molecule has 0 aromatic carbocycles. The maximum atomic E-state index is 5.69. The first-order chi connectivity index (χ1) is 8.69. The molecule has 1 N–H and O–H groups in total. The first-order valence-corrected chi connectivity index (χ1v) is 7.61. The number of morpholine rings is 1. The summed E-state index contributed by atoms with van der Waals surface area (Å²) in [7, 11) is 0. The van der Waals surface area contributed by atoms with Crippen LogP contribution in [0.2, 0.25) is 0 Å². The molecule has 1 aliphatic heterocycles. The van der Waals surface area contributed by atoms with Crippen LogP contribution in [0.25, 0.3) is 0 Å². The second-order valence-corrected chi connectivity index (χ2v) is 5.84. The van der Waals surface area contributed by atoms with Crippen molar-refractivity contribution in [3.63, 3.8) is 0 Å². The zero-order chi connectivity index (χ0) is 13.0. The predicted molar refractivity (Wildman–Crippen MR) is 76.3 cm³/mol. The number of aromatic nitrogens is 1. The molecule has 0 radical (unpaired) electrons. The molecular formula is C13H23N3OS. The van der Waals surface area contributed by atoms with Crippen LogP contribution in [-0.4, -0.2) is 36.8 Å². The molecule has 1 aromatic heterocycles. The van der Waals surface area contributed by atoms with Gasteiger partial charge in [0, 0.05) is 31.1 Å². The molecule has 0 aliphatic carbocycles. The number of nitrogens with one attached hydrogen (secondary N) is 1. The van der Waals surface area contributed by atoms with Gasteiger partial charge in [0.1, 0.15) is 0 Å². The molecular weight excluding hydrogens is 246 g/mol. The van der Waals surface area contributed by atoms with Crippen molar-refractivity contribution in [1.29, 1.82) is 0 Å². The van der Waals surface area contributed by atoms with Crippen molar-refractivity contribution >= 4 is 16.5 Å². The lowest BCUT2D eigenvalue weighted by molar-refractivity contribution is 0.0384. The normalized spacial score (nSPS) is 20.7. The van der Waals surface area contributed by atoms with Crippen molar-refractivity contribution in [2.45, 2.75) is 45.9 Å². The fraction of sp³-hybridized carbons (Fsp3) is 0.769. The van der Waals surface area contributed by atoms with Gasteiger partial charge in [-0.3, -0.25) is 0 Å². The van der Waals surface area contributed by atoms with E-state index in [-0.39, 0.29) is 0 Å². The average molecular weight is 269 g/mol. The molecule has 0 saturated carbocycles. The first-order valence-electron chi connectivity index (χ1n) is 6.73. The van der Waals surface area contributed by atoms with Crippen molar-refractivity contribution in [2.24, 2.45) is 0 Å². The number of hydrogen-bond acceptors (Lipinski definition) is 5. The number of thiazole rings is 1. The summed E-state index contributed by atoms with van der Waals surface area (Å²) in [6, 6.07) is 0.503. The third-order valence-electron chi connectivity index (χ3n) is 3.10. The smallest absolute Gasteiger partial charge is 0.185 e. The highest BCUT2D eigenvalue weighted by atomic mass is 32.1. The molecule has 0 spiro atoms. The Bertz CT molecular complexity index is 367. The van der Waals surface area contributed by atoms with Gasteiger partial charge in [0.25, 0.3) is 0 Å². The topological polar surface area (TPSA) is 37.4 Å². The Balaban J connectivity index is 1.92. The number of hydrogen-bond donors (Lipinski definition) is 1. The van der Waals surface area contributed by atoms with E-state index in [4.69, 9.17) is 9.72 Å². The molecule has 5 heteroatoms. The Morgan fingerprint density at radius 3 is 3.17 bits per heavy atom. The lowest BCUT2D eigenvalue weighted by Crippen LogP contribution is -2.42. The molecule has 1 aromatic rings. The van der Waals surface area contributed by atoms with E-state index in [0.29, 0.717) is 12.1 Å². The minimum atomic E-state index is 0.361. The van der Waals surface area contributed by atoms with Crippen LogP contribution in [0.5, 0.6) is 0 Å². The SMILES string of the molecule is CCC1CN(c2nc(CNC(C)C)cs2)CCO1. The number of rotatable bonds is 5. The summed E-state index contributed by atoms with van der Waals surface area (Å²) in [6.45, 7) is 10.1. The molecule has 1 unspecified atom stereocenters. The molecule has 4 nitrogen and oxygen atoms in total. The van der Waals surface area contributed by atoms with Crippen LogP contribution in [0.1, 0.15) is 32.9 Å². The number of anilines is 1. The molecule has 102 valence electrons. The zero-order valence-corrected chi connectivity index (χ0v) is 12.3. The Labute approximate surface area is 113 Å². The molecule has 1 atom stereocenters. The maximum Gasteiger partial charge on any atom is 0.185 e. The van der Waals surface area contributed by atoms with E-state index >= 15 is 0 Å². The van der Waals surface area contributed by atoms with Crippen LogP contribution < -0.4 is 10.2 Å². The van der Waals surface area contributed by atoms with E-state index in [2.05, 4.69) is 36.4 Å². The lowest BCUT2D eigenvalue weighted by atomic mass is 10.2. The lowest BCUT2D eigenvalue weighted by Gasteiger charge is -2.32. The standard InChI is InChI=1S/C13H23N3OS/c1-4-12-8-16(5-6-17-12)13-15-11(9-18-13)7-14-10(2)3/h9-10,12,14H,4-8H2,1-3H3. The van der Waals surface area contributed by atoms with E-state index in [1.807, 2.05) is 0 Å². The van der Waals surface area contributed by atoms with Gasteiger partial charge in [-0.15, -0.1) is 11.3 Å². The monoisotopic (exact) mass is 269 g/mol. The second-order valence-electron chi connectivity index (χ2n) is 5.00. The Morgan fingerprint density at radius 2 is 2.44 bits per heavy atom. The second kappa shape index (κ2) is 6.50. The fourth-order valence-corrected chi connectivity index (χ4v) is 2.83. The summed E-state index contributed by atoms with van der Waals surface area (Å²) in [5.74, 6) is 0. The Kier molecular flexibility index (Phi) is 4.97. The fourth-order valence-electron chi connectivity index (χ4n) is 1.97. The molecule has 1 aliphatic rings. The molecule has 0 bridgehead atoms. The van der Waals surface area contributed by atoms with Crippen molar-refractivity contribution in [3.05, 3.63) is 11.1 Å². The molecule has 2 heterocycles. The minimum absolute atomic E-state index is 0.361. The van der Waals surface area contributed by atoms with Crippen LogP contribution >= 0.6 is 11.3 Å². The van der Waals surface area contributed by atoms with Crippen molar-refractivity contribution < 1.29 is 4.74 Å². The summed E-state index contributed by atoms with van der Waals surface area (Å²) in [5, 5.41) is 6.69. The minimum Gasteiger partial charge on any atom is -0.375 e. The highest BCUT2D eigenvalue weighted by Crippen LogP contribution is 2.23. The van der Waals surface area contributed by atoms with Crippen LogP contribution in [-0.2, 0) is 11.3 Å². The van der Waals surface area contributed by atoms with Gasteiger partial charge < -0.3 is 15.0 Å². The van der Waals surface area contributed by atoms with Crippen molar-refractivity contribution in [1.82, 2.24) is 10.3 Å². The van der Waals surface area contributed by atoms with E-state index in [9.17, 15) is 0 Å².